The van der Waals surface area contributed by atoms with Crippen LogP contribution in [-0.2, 0) is 11.3 Å². The maximum atomic E-state index is 12.8. The van der Waals surface area contributed by atoms with Crippen molar-refractivity contribution in [1.82, 2.24) is 15.2 Å². The standard InChI is InChI=1S/C17H25N3O/c1-3-20(12-14-6-4-5-13(2)19-14)16(21)15-11-17(15)7-9-18-10-8-17/h4-6,15,18H,3,7-12H2,1-2H3. The molecular weight excluding hydrogens is 262 g/mol. The molecule has 1 saturated heterocycles. The van der Waals surface area contributed by atoms with E-state index in [0.717, 1.165) is 50.3 Å². The Morgan fingerprint density at radius 1 is 1.43 bits per heavy atom. The molecule has 2 heterocycles. The molecule has 1 unspecified atom stereocenters. The molecule has 1 saturated carbocycles. The molecule has 1 amide bonds. The van der Waals surface area contributed by atoms with Crippen LogP contribution in [0.15, 0.2) is 18.2 Å². The Morgan fingerprint density at radius 3 is 2.86 bits per heavy atom. The molecule has 4 nitrogen and oxygen atoms in total. The molecule has 1 aliphatic carbocycles. The molecule has 4 heteroatoms. The van der Waals surface area contributed by atoms with E-state index in [0.29, 0.717) is 17.9 Å². The van der Waals surface area contributed by atoms with Crippen LogP contribution in [0.5, 0.6) is 0 Å². The van der Waals surface area contributed by atoms with Crippen LogP contribution in [0.1, 0.15) is 37.6 Å². The summed E-state index contributed by atoms with van der Waals surface area (Å²) < 4.78 is 0. The fourth-order valence-electron chi connectivity index (χ4n) is 3.62. The van der Waals surface area contributed by atoms with Gasteiger partial charge in [-0.1, -0.05) is 6.07 Å². The number of rotatable bonds is 4. The smallest absolute Gasteiger partial charge is 0.226 e. The van der Waals surface area contributed by atoms with Crippen LogP contribution in [0.3, 0.4) is 0 Å². The molecule has 3 rings (SSSR count). The number of aromatic nitrogens is 1. The first kappa shape index (κ1) is 14.5. The highest BCUT2D eigenvalue weighted by Gasteiger charge is 2.58. The number of aryl methyl sites for hydroxylation is 1. The van der Waals surface area contributed by atoms with Crippen LogP contribution in [0.25, 0.3) is 0 Å². The highest BCUT2D eigenvalue weighted by atomic mass is 16.2. The average molecular weight is 287 g/mol. The van der Waals surface area contributed by atoms with Crippen LogP contribution < -0.4 is 5.32 Å². The highest BCUT2D eigenvalue weighted by Crippen LogP contribution is 2.59. The highest BCUT2D eigenvalue weighted by molar-refractivity contribution is 5.82. The van der Waals surface area contributed by atoms with Crippen molar-refractivity contribution in [3.63, 3.8) is 0 Å². The van der Waals surface area contributed by atoms with Crippen LogP contribution in [0.4, 0.5) is 0 Å². The Hall–Kier alpha value is -1.42. The number of piperidine rings is 1. The van der Waals surface area contributed by atoms with Crippen molar-refractivity contribution in [2.24, 2.45) is 11.3 Å². The van der Waals surface area contributed by atoms with Gasteiger partial charge in [0.15, 0.2) is 0 Å². The van der Waals surface area contributed by atoms with Gasteiger partial charge in [0, 0.05) is 18.2 Å². The zero-order valence-electron chi connectivity index (χ0n) is 13.1. The zero-order chi connectivity index (χ0) is 14.9. The van der Waals surface area contributed by atoms with Gasteiger partial charge in [-0.25, -0.2) is 0 Å². The fourth-order valence-corrected chi connectivity index (χ4v) is 3.62. The van der Waals surface area contributed by atoms with Gasteiger partial charge in [0.2, 0.25) is 5.91 Å². The second-order valence-electron chi connectivity index (χ2n) is 6.49. The first-order valence-electron chi connectivity index (χ1n) is 8.07. The third kappa shape index (κ3) is 2.95. The molecule has 1 aromatic rings. The lowest BCUT2D eigenvalue weighted by Gasteiger charge is -2.26. The van der Waals surface area contributed by atoms with E-state index in [-0.39, 0.29) is 5.92 Å². The first-order chi connectivity index (χ1) is 10.1. The van der Waals surface area contributed by atoms with E-state index in [2.05, 4.69) is 17.2 Å². The van der Waals surface area contributed by atoms with E-state index >= 15 is 0 Å². The molecule has 1 spiro atoms. The topological polar surface area (TPSA) is 45.2 Å². The van der Waals surface area contributed by atoms with E-state index in [1.165, 1.54) is 0 Å². The molecule has 0 radical (unpaired) electrons. The predicted octanol–water partition coefficient (Wildman–Crippen LogP) is 2.13. The van der Waals surface area contributed by atoms with Crippen LogP contribution in [-0.4, -0.2) is 35.4 Å². The molecule has 114 valence electrons. The van der Waals surface area contributed by atoms with Gasteiger partial charge in [-0.15, -0.1) is 0 Å². The lowest BCUT2D eigenvalue weighted by Crippen LogP contribution is -2.36. The normalized spacial score (nSPS) is 23.0. The van der Waals surface area contributed by atoms with E-state index in [1.807, 2.05) is 30.0 Å². The zero-order valence-corrected chi connectivity index (χ0v) is 13.1. The van der Waals surface area contributed by atoms with Gasteiger partial charge in [-0.05, 0) is 63.7 Å². The number of pyridine rings is 1. The van der Waals surface area contributed by atoms with Crippen molar-refractivity contribution in [3.8, 4) is 0 Å². The minimum absolute atomic E-state index is 0.254. The first-order valence-corrected chi connectivity index (χ1v) is 8.07. The third-order valence-corrected chi connectivity index (χ3v) is 5.08. The summed E-state index contributed by atoms with van der Waals surface area (Å²) in [6.45, 7) is 7.59. The lowest BCUT2D eigenvalue weighted by molar-refractivity contribution is -0.134. The van der Waals surface area contributed by atoms with Crippen molar-refractivity contribution in [2.45, 2.75) is 39.7 Å². The fraction of sp³-hybridized carbons (Fsp3) is 0.647. The molecule has 0 aromatic carbocycles. The quantitative estimate of drug-likeness (QED) is 0.922. The Bertz CT molecular complexity index is 523. The second-order valence-corrected chi connectivity index (χ2v) is 6.49. The van der Waals surface area contributed by atoms with Gasteiger partial charge < -0.3 is 10.2 Å². The van der Waals surface area contributed by atoms with Crippen LogP contribution in [0.2, 0.25) is 0 Å². The van der Waals surface area contributed by atoms with Crippen molar-refractivity contribution < 1.29 is 4.79 Å². The van der Waals surface area contributed by atoms with Gasteiger partial charge in [-0.3, -0.25) is 9.78 Å². The largest absolute Gasteiger partial charge is 0.337 e. The van der Waals surface area contributed by atoms with Gasteiger partial charge in [0.25, 0.3) is 0 Å². The summed E-state index contributed by atoms with van der Waals surface area (Å²) >= 11 is 0. The van der Waals surface area contributed by atoms with E-state index in [4.69, 9.17) is 0 Å². The maximum absolute atomic E-state index is 12.8. The predicted molar refractivity (Wildman–Crippen MR) is 82.7 cm³/mol. The molecule has 2 aliphatic rings. The molecule has 1 N–H and O–H groups in total. The van der Waals surface area contributed by atoms with E-state index in [9.17, 15) is 4.79 Å². The summed E-state index contributed by atoms with van der Waals surface area (Å²) in [6, 6.07) is 6.02. The molecule has 1 aliphatic heterocycles. The summed E-state index contributed by atoms with van der Waals surface area (Å²) in [6.07, 6.45) is 3.40. The van der Waals surface area contributed by atoms with Crippen molar-refractivity contribution in [2.75, 3.05) is 19.6 Å². The number of nitrogens with zero attached hydrogens (tertiary/aromatic N) is 2. The lowest BCUT2D eigenvalue weighted by atomic mass is 9.91. The summed E-state index contributed by atoms with van der Waals surface area (Å²) in [5, 5.41) is 3.39. The Morgan fingerprint density at radius 2 is 2.19 bits per heavy atom. The van der Waals surface area contributed by atoms with Crippen LogP contribution in [0, 0.1) is 18.3 Å². The number of hydrogen-bond donors (Lipinski definition) is 1. The molecule has 0 bridgehead atoms. The number of carbonyl (C=O) groups is 1. The monoisotopic (exact) mass is 287 g/mol. The SMILES string of the molecule is CCN(Cc1cccc(C)n1)C(=O)C1CC12CCNCC2. The number of hydrogen-bond acceptors (Lipinski definition) is 3. The second kappa shape index (κ2) is 5.76. The minimum atomic E-state index is 0.254. The Labute approximate surface area is 126 Å². The van der Waals surface area contributed by atoms with Crippen molar-refractivity contribution >= 4 is 5.91 Å². The maximum Gasteiger partial charge on any atom is 0.226 e. The number of nitrogens with one attached hydrogen (secondary N) is 1. The van der Waals surface area contributed by atoms with Gasteiger partial charge in [-0.2, -0.15) is 0 Å². The molecule has 21 heavy (non-hydrogen) atoms. The van der Waals surface area contributed by atoms with Crippen LogP contribution >= 0.6 is 0 Å². The van der Waals surface area contributed by atoms with Gasteiger partial charge in [0.05, 0.1) is 12.2 Å². The Kier molecular flexibility index (Phi) is 3.98. The summed E-state index contributed by atoms with van der Waals surface area (Å²) in [5.74, 6) is 0.590. The third-order valence-electron chi connectivity index (χ3n) is 5.08. The molecule has 1 atom stereocenters. The summed E-state index contributed by atoms with van der Waals surface area (Å²) in [7, 11) is 0. The van der Waals surface area contributed by atoms with E-state index < -0.39 is 0 Å². The average Bonchev–Trinajstić information content (AvgIpc) is 3.18. The summed E-state index contributed by atoms with van der Waals surface area (Å²) in [5.41, 5.74) is 2.32. The molecule has 2 fully saturated rings. The molecular formula is C17H25N3O. The van der Waals surface area contributed by atoms with Crippen molar-refractivity contribution in [3.05, 3.63) is 29.6 Å². The van der Waals surface area contributed by atoms with Gasteiger partial charge >= 0.3 is 0 Å². The number of amides is 1. The Balaban J connectivity index is 1.65. The summed E-state index contributed by atoms with van der Waals surface area (Å²) in [4.78, 5) is 19.3. The van der Waals surface area contributed by atoms with Gasteiger partial charge in [0.1, 0.15) is 0 Å². The van der Waals surface area contributed by atoms with E-state index in [1.54, 1.807) is 0 Å². The molecule has 1 aromatic heterocycles. The number of carbonyl (C=O) groups excluding carboxylic acids is 1. The minimum Gasteiger partial charge on any atom is -0.337 e. The van der Waals surface area contributed by atoms with Crippen molar-refractivity contribution in [1.29, 1.82) is 0 Å².